The van der Waals surface area contributed by atoms with Gasteiger partial charge in [0.25, 0.3) is 0 Å². The van der Waals surface area contributed by atoms with E-state index in [4.69, 9.17) is 4.42 Å². The zero-order valence-corrected chi connectivity index (χ0v) is 33.2. The highest BCUT2D eigenvalue weighted by atomic mass is 16.3. The highest BCUT2D eigenvalue weighted by Crippen LogP contribution is 2.45. The molecule has 0 aliphatic carbocycles. The minimum atomic E-state index is 0.887. The first-order chi connectivity index (χ1) is 30.2. The minimum absolute atomic E-state index is 0.887. The van der Waals surface area contributed by atoms with Gasteiger partial charge in [-0.3, -0.25) is 0 Å². The number of para-hydroxylation sites is 3. The number of anilines is 3. The largest absolute Gasteiger partial charge is 0.456 e. The van der Waals surface area contributed by atoms with Gasteiger partial charge in [-0.2, -0.15) is 0 Å². The molecule has 2 heterocycles. The molecule has 0 spiro atoms. The number of hydrogen-bond donors (Lipinski definition) is 0. The molecule has 286 valence electrons. The van der Waals surface area contributed by atoms with Crippen molar-refractivity contribution in [2.24, 2.45) is 0 Å². The van der Waals surface area contributed by atoms with Crippen LogP contribution in [0.2, 0.25) is 0 Å². The van der Waals surface area contributed by atoms with Crippen LogP contribution in [0.15, 0.2) is 235 Å². The lowest BCUT2D eigenvalue weighted by Gasteiger charge is -2.27. The van der Waals surface area contributed by atoms with Gasteiger partial charge in [-0.25, -0.2) is 0 Å². The molecule has 0 bridgehead atoms. The number of benzene rings is 10. The van der Waals surface area contributed by atoms with Gasteiger partial charge in [0, 0.05) is 44.0 Å². The minimum Gasteiger partial charge on any atom is -0.456 e. The van der Waals surface area contributed by atoms with Gasteiger partial charge < -0.3 is 13.9 Å². The SMILES string of the molecule is c1ccc(-c2ccc(N(c3ccc(-c4ccc(-c5ccc(-n6c7ccccc7c7ccccc76)cc5)cc4)cc3)c3cccc4ccc5oc6ccccc6c5c34)cc2)cc1. The van der Waals surface area contributed by atoms with E-state index in [9.17, 15) is 0 Å². The molecule has 10 aromatic carbocycles. The molecule has 0 N–H and O–H groups in total. The van der Waals surface area contributed by atoms with Crippen LogP contribution in [0, 0.1) is 0 Å². The summed E-state index contributed by atoms with van der Waals surface area (Å²) in [5.74, 6) is 0. The first kappa shape index (κ1) is 34.9. The van der Waals surface area contributed by atoms with Gasteiger partial charge >= 0.3 is 0 Å². The van der Waals surface area contributed by atoms with E-state index in [2.05, 4.69) is 234 Å². The second-order valence-corrected chi connectivity index (χ2v) is 15.7. The molecule has 0 atom stereocenters. The van der Waals surface area contributed by atoms with Gasteiger partial charge in [-0.15, -0.1) is 0 Å². The Balaban J connectivity index is 0.900. The van der Waals surface area contributed by atoms with Crippen LogP contribution in [0.25, 0.3) is 93.6 Å². The van der Waals surface area contributed by atoms with Gasteiger partial charge in [0.2, 0.25) is 0 Å². The van der Waals surface area contributed by atoms with Crippen molar-refractivity contribution < 1.29 is 4.42 Å². The summed E-state index contributed by atoms with van der Waals surface area (Å²) in [4.78, 5) is 2.38. The van der Waals surface area contributed by atoms with Crippen LogP contribution in [-0.4, -0.2) is 4.57 Å². The van der Waals surface area contributed by atoms with E-state index in [-0.39, 0.29) is 0 Å². The van der Waals surface area contributed by atoms with Crippen LogP contribution in [-0.2, 0) is 0 Å². The van der Waals surface area contributed by atoms with Crippen molar-refractivity contribution in [3.8, 4) is 39.1 Å². The molecule has 61 heavy (non-hydrogen) atoms. The number of nitrogens with zero attached hydrogens (tertiary/aromatic N) is 2. The average molecular weight is 779 g/mol. The second-order valence-electron chi connectivity index (χ2n) is 15.7. The van der Waals surface area contributed by atoms with Gasteiger partial charge in [-0.05, 0) is 105 Å². The van der Waals surface area contributed by atoms with E-state index >= 15 is 0 Å². The molecule has 0 fully saturated rings. The van der Waals surface area contributed by atoms with Crippen molar-refractivity contribution in [2.45, 2.75) is 0 Å². The molecule has 3 heteroatoms. The van der Waals surface area contributed by atoms with E-state index in [0.29, 0.717) is 0 Å². The molecule has 2 aromatic heterocycles. The smallest absolute Gasteiger partial charge is 0.136 e. The first-order valence-corrected chi connectivity index (χ1v) is 20.8. The summed E-state index contributed by atoms with van der Waals surface area (Å²) in [7, 11) is 0. The van der Waals surface area contributed by atoms with Gasteiger partial charge in [0.1, 0.15) is 11.2 Å². The summed E-state index contributed by atoms with van der Waals surface area (Å²) in [6, 6.07) is 82.8. The molecule has 12 aromatic rings. The Morgan fingerprint density at radius 3 is 1.38 bits per heavy atom. The van der Waals surface area contributed by atoms with Crippen molar-refractivity contribution >= 4 is 71.6 Å². The maximum atomic E-state index is 6.40. The highest BCUT2D eigenvalue weighted by Gasteiger charge is 2.20. The molecule has 0 unspecified atom stereocenters. The maximum absolute atomic E-state index is 6.40. The van der Waals surface area contributed by atoms with Crippen LogP contribution in [0.4, 0.5) is 17.1 Å². The summed E-state index contributed by atoms with van der Waals surface area (Å²) in [6.45, 7) is 0. The molecule has 0 aliphatic heterocycles. The van der Waals surface area contributed by atoms with Gasteiger partial charge in [0.05, 0.1) is 16.7 Å². The fourth-order valence-corrected chi connectivity index (χ4v) is 9.28. The Hall–Kier alpha value is -8.14. The Kier molecular flexibility index (Phi) is 8.17. The quantitative estimate of drug-likeness (QED) is 0.161. The van der Waals surface area contributed by atoms with Crippen LogP contribution in [0.3, 0.4) is 0 Å². The zero-order valence-electron chi connectivity index (χ0n) is 33.2. The third kappa shape index (κ3) is 5.90. The molecular formula is C58H38N2O. The van der Waals surface area contributed by atoms with Crippen LogP contribution in [0.1, 0.15) is 0 Å². The third-order valence-electron chi connectivity index (χ3n) is 12.2. The molecule has 3 nitrogen and oxygen atoms in total. The molecule has 0 aliphatic rings. The number of rotatable bonds is 7. The standard InChI is InChI=1S/C58H38N2O/c1-2-11-39(12-3-1)42-25-32-46(33-26-42)59(54-19-10-13-45-31-38-56-58(57(45)54)51-16-6-9-20-55(51)61-56)47-34-27-43(28-35-47)40-21-23-41(24-22-40)44-29-36-48(37-30-44)60-52-17-7-4-14-49(52)50-15-5-8-18-53(50)60/h1-38H. The van der Waals surface area contributed by atoms with E-state index in [1.807, 2.05) is 6.07 Å². The topological polar surface area (TPSA) is 21.3 Å². The van der Waals surface area contributed by atoms with Crippen molar-refractivity contribution in [3.05, 3.63) is 231 Å². The summed E-state index contributed by atoms with van der Waals surface area (Å²) in [6.07, 6.45) is 0. The fourth-order valence-electron chi connectivity index (χ4n) is 9.28. The van der Waals surface area contributed by atoms with Crippen molar-refractivity contribution in [1.29, 1.82) is 0 Å². The normalized spacial score (nSPS) is 11.6. The fraction of sp³-hybridized carbons (Fsp3) is 0. The van der Waals surface area contributed by atoms with Crippen LogP contribution < -0.4 is 4.90 Å². The van der Waals surface area contributed by atoms with Crippen molar-refractivity contribution in [1.82, 2.24) is 4.57 Å². The monoisotopic (exact) mass is 778 g/mol. The Labute approximate surface area is 353 Å². The molecule has 0 radical (unpaired) electrons. The van der Waals surface area contributed by atoms with E-state index in [0.717, 1.165) is 50.3 Å². The Morgan fingerprint density at radius 1 is 0.311 bits per heavy atom. The highest BCUT2D eigenvalue weighted by molar-refractivity contribution is 6.23. The lowest BCUT2D eigenvalue weighted by atomic mass is 9.98. The molecule has 0 saturated heterocycles. The predicted molar refractivity (Wildman–Crippen MR) is 257 cm³/mol. The molecule has 0 saturated carbocycles. The van der Waals surface area contributed by atoms with Crippen molar-refractivity contribution in [3.63, 3.8) is 0 Å². The molecule has 0 amide bonds. The van der Waals surface area contributed by atoms with Gasteiger partial charge in [0.15, 0.2) is 0 Å². The van der Waals surface area contributed by atoms with Crippen molar-refractivity contribution in [2.75, 3.05) is 4.90 Å². The summed E-state index contributed by atoms with van der Waals surface area (Å²) in [5.41, 5.74) is 15.7. The number of fused-ring (bicyclic) bond motifs is 8. The lowest BCUT2D eigenvalue weighted by molar-refractivity contribution is 0.669. The summed E-state index contributed by atoms with van der Waals surface area (Å²) < 4.78 is 8.77. The summed E-state index contributed by atoms with van der Waals surface area (Å²) >= 11 is 0. The van der Waals surface area contributed by atoms with E-state index in [1.165, 1.54) is 60.4 Å². The summed E-state index contributed by atoms with van der Waals surface area (Å²) in [5, 5.41) is 7.13. The molecular weight excluding hydrogens is 741 g/mol. The number of hydrogen-bond acceptors (Lipinski definition) is 2. The van der Waals surface area contributed by atoms with Crippen LogP contribution in [0.5, 0.6) is 0 Å². The first-order valence-electron chi connectivity index (χ1n) is 20.8. The lowest BCUT2D eigenvalue weighted by Crippen LogP contribution is -2.10. The average Bonchev–Trinajstić information content (AvgIpc) is 3.89. The van der Waals surface area contributed by atoms with Crippen LogP contribution >= 0.6 is 0 Å². The second kappa shape index (κ2) is 14.3. The third-order valence-corrected chi connectivity index (χ3v) is 12.2. The number of aromatic nitrogens is 1. The Bertz CT molecular complexity index is 3490. The number of furan rings is 1. The predicted octanol–water partition coefficient (Wildman–Crippen LogP) is 16.3. The van der Waals surface area contributed by atoms with E-state index in [1.54, 1.807) is 0 Å². The van der Waals surface area contributed by atoms with E-state index < -0.39 is 0 Å². The molecule has 12 rings (SSSR count). The van der Waals surface area contributed by atoms with Gasteiger partial charge in [-0.1, -0.05) is 164 Å². The maximum Gasteiger partial charge on any atom is 0.136 e. The Morgan fingerprint density at radius 2 is 0.787 bits per heavy atom. The zero-order chi connectivity index (χ0) is 40.3.